The topological polar surface area (TPSA) is 123 Å². The third-order valence-corrected chi connectivity index (χ3v) is 3.80. The molecule has 24 heavy (non-hydrogen) atoms. The molecule has 2 aromatic rings. The predicted molar refractivity (Wildman–Crippen MR) is 91.0 cm³/mol. The first kappa shape index (κ1) is 16.1. The molecule has 0 spiro atoms. The summed E-state index contributed by atoms with van der Waals surface area (Å²) in [6, 6.07) is 6.98. The molecule has 2 unspecified atom stereocenters. The number of nitrogen functional groups attached to an aromatic ring is 2. The Bertz CT molecular complexity index is 764. The van der Waals surface area contributed by atoms with Crippen LogP contribution in [0.1, 0.15) is 12.5 Å². The highest BCUT2D eigenvalue weighted by atomic mass is 19.1. The Hall–Kier alpha value is -2.74. The van der Waals surface area contributed by atoms with Crippen molar-refractivity contribution in [2.75, 3.05) is 24.6 Å². The van der Waals surface area contributed by atoms with Gasteiger partial charge in [-0.1, -0.05) is 0 Å². The summed E-state index contributed by atoms with van der Waals surface area (Å²) < 4.78 is 19.6. The third-order valence-electron chi connectivity index (χ3n) is 3.80. The van der Waals surface area contributed by atoms with Gasteiger partial charge in [-0.3, -0.25) is 0 Å². The van der Waals surface area contributed by atoms with Crippen LogP contribution in [0.3, 0.4) is 0 Å². The standard InChI is InChI=1S/C16H19FN6O/c1-8(18)13-14(20)22-15(9-2-4-10(19)5-3-9)23-16(13)24-12-7-21-6-11(12)17/h2-5,11-12,18,21H,6-7,19H2,1H3,(H2,20,22,23). The van der Waals surface area contributed by atoms with Crippen molar-refractivity contribution in [1.29, 1.82) is 5.41 Å². The minimum absolute atomic E-state index is 0.123. The number of ether oxygens (including phenoxy) is 1. The maximum absolute atomic E-state index is 13.8. The van der Waals surface area contributed by atoms with Crippen LogP contribution < -0.4 is 21.5 Å². The van der Waals surface area contributed by atoms with Crippen molar-refractivity contribution in [1.82, 2.24) is 15.3 Å². The van der Waals surface area contributed by atoms with E-state index in [0.717, 1.165) is 0 Å². The van der Waals surface area contributed by atoms with E-state index < -0.39 is 12.3 Å². The molecule has 7 nitrogen and oxygen atoms in total. The smallest absolute Gasteiger partial charge is 0.228 e. The van der Waals surface area contributed by atoms with E-state index >= 15 is 0 Å². The summed E-state index contributed by atoms with van der Waals surface area (Å²) in [6.07, 6.45) is -1.81. The number of alkyl halides is 1. The van der Waals surface area contributed by atoms with Crippen molar-refractivity contribution in [3.63, 3.8) is 0 Å². The van der Waals surface area contributed by atoms with Crippen LogP contribution in [0.15, 0.2) is 24.3 Å². The Kier molecular flexibility index (Phi) is 4.30. The van der Waals surface area contributed by atoms with E-state index in [1.165, 1.54) is 0 Å². The van der Waals surface area contributed by atoms with Gasteiger partial charge in [-0.2, -0.15) is 4.98 Å². The molecule has 0 bridgehead atoms. The Morgan fingerprint density at radius 2 is 1.96 bits per heavy atom. The molecule has 1 aromatic carbocycles. The quantitative estimate of drug-likeness (QED) is 0.496. The van der Waals surface area contributed by atoms with Crippen LogP contribution in [0.5, 0.6) is 5.88 Å². The average Bonchev–Trinajstić information content (AvgIpc) is 2.92. The first-order valence-corrected chi connectivity index (χ1v) is 7.56. The molecule has 2 heterocycles. The number of nitrogens with two attached hydrogens (primary N) is 2. The van der Waals surface area contributed by atoms with Gasteiger partial charge in [0, 0.05) is 30.1 Å². The zero-order valence-electron chi connectivity index (χ0n) is 13.2. The Balaban J connectivity index is 2.03. The highest BCUT2D eigenvalue weighted by Crippen LogP contribution is 2.28. The van der Waals surface area contributed by atoms with Crippen LogP contribution in [-0.2, 0) is 0 Å². The molecule has 8 heteroatoms. The van der Waals surface area contributed by atoms with Crippen molar-refractivity contribution in [2.24, 2.45) is 0 Å². The molecule has 0 radical (unpaired) electrons. The number of halogens is 1. The zero-order valence-corrected chi connectivity index (χ0v) is 13.2. The molecule has 0 aliphatic carbocycles. The molecule has 1 aliphatic rings. The van der Waals surface area contributed by atoms with Gasteiger partial charge in [0.05, 0.1) is 5.56 Å². The normalized spacial score (nSPS) is 20.1. The summed E-state index contributed by atoms with van der Waals surface area (Å²) in [7, 11) is 0. The molecule has 3 rings (SSSR count). The number of rotatable bonds is 4. The van der Waals surface area contributed by atoms with E-state index in [4.69, 9.17) is 21.6 Å². The van der Waals surface area contributed by atoms with Crippen LogP contribution in [0, 0.1) is 5.41 Å². The summed E-state index contributed by atoms with van der Waals surface area (Å²) in [5.74, 6) is 0.590. The fraction of sp³-hybridized carbons (Fsp3) is 0.312. The highest BCUT2D eigenvalue weighted by molar-refractivity contribution is 6.02. The lowest BCUT2D eigenvalue weighted by Gasteiger charge is -2.18. The monoisotopic (exact) mass is 330 g/mol. The maximum atomic E-state index is 13.8. The molecule has 1 fully saturated rings. The van der Waals surface area contributed by atoms with Gasteiger partial charge in [0.1, 0.15) is 11.9 Å². The summed E-state index contributed by atoms with van der Waals surface area (Å²) in [4.78, 5) is 8.61. The summed E-state index contributed by atoms with van der Waals surface area (Å²) in [5, 5.41) is 10.8. The molecule has 126 valence electrons. The number of hydrogen-bond acceptors (Lipinski definition) is 7. The van der Waals surface area contributed by atoms with Crippen molar-refractivity contribution in [3.8, 4) is 17.3 Å². The highest BCUT2D eigenvalue weighted by Gasteiger charge is 2.30. The van der Waals surface area contributed by atoms with Crippen LogP contribution in [-0.4, -0.2) is 41.0 Å². The average molecular weight is 330 g/mol. The number of anilines is 2. The number of nitrogens with zero attached hydrogens (tertiary/aromatic N) is 2. The Labute approximate surface area is 138 Å². The van der Waals surface area contributed by atoms with E-state index in [9.17, 15) is 4.39 Å². The summed E-state index contributed by atoms with van der Waals surface area (Å²) in [6.45, 7) is 2.17. The zero-order chi connectivity index (χ0) is 17.3. The Morgan fingerprint density at radius 1 is 1.25 bits per heavy atom. The number of nitrogens with one attached hydrogen (secondary N) is 2. The van der Waals surface area contributed by atoms with E-state index in [0.29, 0.717) is 23.6 Å². The number of hydrogen-bond donors (Lipinski definition) is 4. The van der Waals surface area contributed by atoms with Gasteiger partial charge in [0.2, 0.25) is 5.88 Å². The van der Waals surface area contributed by atoms with Crippen molar-refractivity contribution >= 4 is 17.2 Å². The Morgan fingerprint density at radius 3 is 2.54 bits per heavy atom. The van der Waals surface area contributed by atoms with Crippen LogP contribution in [0.2, 0.25) is 0 Å². The first-order chi connectivity index (χ1) is 11.5. The molecule has 1 aromatic heterocycles. The molecule has 0 saturated carbocycles. The largest absolute Gasteiger partial charge is 0.469 e. The van der Waals surface area contributed by atoms with Crippen LogP contribution in [0.25, 0.3) is 11.4 Å². The van der Waals surface area contributed by atoms with Crippen molar-refractivity contribution in [3.05, 3.63) is 29.8 Å². The second kappa shape index (κ2) is 6.40. The van der Waals surface area contributed by atoms with Gasteiger partial charge in [-0.25, -0.2) is 9.37 Å². The molecule has 1 aliphatic heterocycles. The molecular formula is C16H19FN6O. The minimum atomic E-state index is -1.14. The van der Waals surface area contributed by atoms with E-state index in [1.54, 1.807) is 31.2 Å². The third kappa shape index (κ3) is 3.13. The fourth-order valence-corrected chi connectivity index (χ4v) is 2.54. The van der Waals surface area contributed by atoms with Crippen LogP contribution in [0.4, 0.5) is 15.9 Å². The number of benzene rings is 1. The van der Waals surface area contributed by atoms with Gasteiger partial charge in [0.25, 0.3) is 0 Å². The summed E-state index contributed by atoms with van der Waals surface area (Å²) >= 11 is 0. The second-order valence-corrected chi connectivity index (χ2v) is 5.69. The minimum Gasteiger partial charge on any atom is -0.469 e. The van der Waals surface area contributed by atoms with E-state index in [2.05, 4.69) is 15.3 Å². The number of aromatic nitrogens is 2. The predicted octanol–water partition coefficient (Wildman–Crippen LogP) is 1.38. The summed E-state index contributed by atoms with van der Waals surface area (Å²) in [5.41, 5.74) is 13.4. The van der Waals surface area contributed by atoms with Gasteiger partial charge in [-0.05, 0) is 31.2 Å². The second-order valence-electron chi connectivity index (χ2n) is 5.69. The molecule has 6 N–H and O–H groups in total. The van der Waals surface area contributed by atoms with Crippen molar-refractivity contribution < 1.29 is 9.13 Å². The SMILES string of the molecule is CC(=N)c1c(N)nc(-c2ccc(N)cc2)nc1OC1CNCC1F. The molecule has 0 amide bonds. The fourth-order valence-electron chi connectivity index (χ4n) is 2.54. The lowest BCUT2D eigenvalue weighted by atomic mass is 10.1. The van der Waals surface area contributed by atoms with Gasteiger partial charge >= 0.3 is 0 Å². The maximum Gasteiger partial charge on any atom is 0.228 e. The lowest BCUT2D eigenvalue weighted by molar-refractivity contribution is 0.134. The molecule has 2 atom stereocenters. The lowest BCUT2D eigenvalue weighted by Crippen LogP contribution is -2.28. The van der Waals surface area contributed by atoms with Gasteiger partial charge < -0.3 is 26.9 Å². The first-order valence-electron chi connectivity index (χ1n) is 7.56. The van der Waals surface area contributed by atoms with E-state index in [-0.39, 0.29) is 29.5 Å². The van der Waals surface area contributed by atoms with Crippen LogP contribution >= 0.6 is 0 Å². The van der Waals surface area contributed by atoms with Crippen molar-refractivity contribution in [2.45, 2.75) is 19.2 Å². The van der Waals surface area contributed by atoms with E-state index in [1.807, 2.05) is 0 Å². The molecule has 1 saturated heterocycles. The molecular weight excluding hydrogens is 311 g/mol. The van der Waals surface area contributed by atoms with Gasteiger partial charge in [-0.15, -0.1) is 0 Å². The van der Waals surface area contributed by atoms with Gasteiger partial charge in [0.15, 0.2) is 12.0 Å².